The van der Waals surface area contributed by atoms with Crippen LogP contribution in [0.15, 0.2) is 60.7 Å². The molecule has 3 rings (SSSR count). The number of ether oxygens (including phenoxy) is 1. The van der Waals surface area contributed by atoms with Gasteiger partial charge in [-0.15, -0.1) is 0 Å². The first-order valence-electron chi connectivity index (χ1n) is 10.1. The van der Waals surface area contributed by atoms with Gasteiger partial charge in [0, 0.05) is 36.1 Å². The number of carbonyl (C=O) groups is 3. The minimum Gasteiger partial charge on any atom is -0.457 e. The van der Waals surface area contributed by atoms with Crippen molar-refractivity contribution in [2.75, 3.05) is 11.9 Å². The monoisotopic (exact) mass is 418 g/mol. The van der Waals surface area contributed by atoms with Crippen molar-refractivity contribution >= 4 is 23.3 Å². The fourth-order valence-corrected chi connectivity index (χ4v) is 3.44. The summed E-state index contributed by atoms with van der Waals surface area (Å²) in [6, 6.07) is 18.8. The van der Waals surface area contributed by atoms with Crippen LogP contribution in [0, 0.1) is 13.8 Å². The molecule has 31 heavy (non-hydrogen) atoms. The molecule has 3 aromatic rings. The Hall–Kier alpha value is -3.67. The van der Waals surface area contributed by atoms with E-state index in [1.54, 1.807) is 24.3 Å². The molecule has 1 heterocycles. The molecule has 0 saturated carbocycles. The molecule has 160 valence electrons. The van der Waals surface area contributed by atoms with Gasteiger partial charge in [-0.3, -0.25) is 14.4 Å². The smallest absolute Gasteiger partial charge is 0.310 e. The Balaban J connectivity index is 1.57. The van der Waals surface area contributed by atoms with Gasteiger partial charge in [0.05, 0.1) is 6.42 Å². The molecule has 0 atom stereocenters. The number of aryl methyl sites for hydroxylation is 1. The van der Waals surface area contributed by atoms with Gasteiger partial charge in [0.2, 0.25) is 11.7 Å². The van der Waals surface area contributed by atoms with Crippen LogP contribution in [0.4, 0.5) is 5.69 Å². The summed E-state index contributed by atoms with van der Waals surface area (Å²) in [5, 5.41) is 2.67. The molecule has 6 heteroatoms. The van der Waals surface area contributed by atoms with Crippen LogP contribution in [-0.4, -0.2) is 28.8 Å². The lowest BCUT2D eigenvalue weighted by atomic mass is 10.1. The van der Waals surface area contributed by atoms with Crippen LogP contribution in [0.5, 0.6) is 0 Å². The van der Waals surface area contributed by atoms with Crippen molar-refractivity contribution < 1.29 is 19.1 Å². The molecule has 6 nitrogen and oxygen atoms in total. The van der Waals surface area contributed by atoms with Gasteiger partial charge in [-0.1, -0.05) is 42.5 Å². The SMILES string of the molecule is CC(=O)Nc1ccc(CC(=O)OCC(=O)c2cc(C)n(Cc3ccccc3)c2C)cc1. The van der Waals surface area contributed by atoms with E-state index in [2.05, 4.69) is 9.88 Å². The van der Waals surface area contributed by atoms with Gasteiger partial charge < -0.3 is 14.6 Å². The molecule has 1 N–H and O–H groups in total. The molecule has 0 aliphatic rings. The molecule has 0 spiro atoms. The Labute approximate surface area is 181 Å². The number of benzene rings is 2. The summed E-state index contributed by atoms with van der Waals surface area (Å²) in [5.41, 5.74) is 4.96. The van der Waals surface area contributed by atoms with Crippen LogP contribution in [0.3, 0.4) is 0 Å². The lowest BCUT2D eigenvalue weighted by molar-refractivity contribution is -0.141. The van der Waals surface area contributed by atoms with Gasteiger partial charge >= 0.3 is 5.97 Å². The minimum atomic E-state index is -0.473. The van der Waals surface area contributed by atoms with Gasteiger partial charge in [-0.2, -0.15) is 0 Å². The molecule has 0 saturated heterocycles. The van der Waals surface area contributed by atoms with Crippen LogP contribution in [-0.2, 0) is 27.3 Å². The van der Waals surface area contributed by atoms with Gasteiger partial charge in [0.1, 0.15) is 0 Å². The fourth-order valence-electron chi connectivity index (χ4n) is 3.44. The maximum Gasteiger partial charge on any atom is 0.310 e. The first-order valence-corrected chi connectivity index (χ1v) is 10.1. The molecule has 0 unspecified atom stereocenters. The van der Waals surface area contributed by atoms with E-state index in [0.717, 1.165) is 22.5 Å². The molecule has 2 aromatic carbocycles. The Kier molecular flexibility index (Phi) is 7.03. The number of hydrogen-bond acceptors (Lipinski definition) is 4. The highest BCUT2D eigenvalue weighted by molar-refractivity contribution is 5.99. The van der Waals surface area contributed by atoms with Crippen molar-refractivity contribution in [3.05, 3.63) is 88.7 Å². The number of anilines is 1. The second kappa shape index (κ2) is 9.89. The highest BCUT2D eigenvalue weighted by Gasteiger charge is 2.17. The quantitative estimate of drug-likeness (QED) is 0.442. The summed E-state index contributed by atoms with van der Waals surface area (Å²) < 4.78 is 7.30. The Morgan fingerprint density at radius 3 is 2.26 bits per heavy atom. The number of carbonyl (C=O) groups excluding carboxylic acids is 3. The topological polar surface area (TPSA) is 77.4 Å². The van der Waals surface area contributed by atoms with Crippen LogP contribution in [0.25, 0.3) is 0 Å². The molecule has 0 aliphatic carbocycles. The number of aromatic nitrogens is 1. The van der Waals surface area contributed by atoms with E-state index in [1.165, 1.54) is 6.92 Å². The second-order valence-corrected chi connectivity index (χ2v) is 7.50. The zero-order valence-electron chi connectivity index (χ0n) is 18.0. The Bertz CT molecular complexity index is 1080. The second-order valence-electron chi connectivity index (χ2n) is 7.50. The predicted molar refractivity (Wildman–Crippen MR) is 119 cm³/mol. The molecule has 0 radical (unpaired) electrons. The first-order chi connectivity index (χ1) is 14.8. The van der Waals surface area contributed by atoms with Crippen molar-refractivity contribution in [2.24, 2.45) is 0 Å². The number of ketones is 1. The third-order valence-corrected chi connectivity index (χ3v) is 5.04. The molecule has 1 aromatic heterocycles. The third kappa shape index (κ3) is 5.92. The number of amides is 1. The normalized spacial score (nSPS) is 10.5. The molecule has 1 amide bonds. The molecule has 0 bridgehead atoms. The van der Waals surface area contributed by atoms with Gasteiger partial charge in [-0.05, 0) is 43.2 Å². The number of rotatable bonds is 8. The predicted octanol–water partition coefficient (Wildman–Crippen LogP) is 4.08. The highest BCUT2D eigenvalue weighted by Crippen LogP contribution is 2.18. The van der Waals surface area contributed by atoms with Crippen molar-refractivity contribution in [2.45, 2.75) is 33.7 Å². The maximum absolute atomic E-state index is 12.7. The van der Waals surface area contributed by atoms with E-state index >= 15 is 0 Å². The van der Waals surface area contributed by atoms with E-state index < -0.39 is 5.97 Å². The highest BCUT2D eigenvalue weighted by atomic mass is 16.5. The van der Waals surface area contributed by atoms with E-state index in [1.807, 2.05) is 50.2 Å². The van der Waals surface area contributed by atoms with E-state index in [4.69, 9.17) is 4.74 Å². The standard InChI is InChI=1S/C25H26N2O4/c1-17-13-23(18(2)27(17)15-21-7-5-4-6-8-21)24(29)16-31-25(30)14-20-9-11-22(12-10-20)26-19(3)28/h4-13H,14-16H2,1-3H3,(H,26,28). The van der Waals surface area contributed by atoms with Crippen LogP contribution in [0.2, 0.25) is 0 Å². The van der Waals surface area contributed by atoms with Crippen molar-refractivity contribution in [1.82, 2.24) is 4.57 Å². The van der Waals surface area contributed by atoms with E-state index in [9.17, 15) is 14.4 Å². The van der Waals surface area contributed by atoms with Gasteiger partial charge in [0.25, 0.3) is 0 Å². The summed E-state index contributed by atoms with van der Waals surface area (Å²) >= 11 is 0. The van der Waals surface area contributed by atoms with Crippen molar-refractivity contribution in [3.63, 3.8) is 0 Å². The molecular formula is C25H26N2O4. The summed E-state index contributed by atoms with van der Waals surface area (Å²) in [6.07, 6.45) is 0.0562. The van der Waals surface area contributed by atoms with Gasteiger partial charge in [0.15, 0.2) is 6.61 Å². The number of Topliss-reactive ketones (excluding diaryl/α,β-unsaturated/α-hetero) is 1. The van der Waals surface area contributed by atoms with Crippen molar-refractivity contribution in [1.29, 1.82) is 0 Å². The van der Waals surface area contributed by atoms with Gasteiger partial charge in [-0.25, -0.2) is 0 Å². The average molecular weight is 418 g/mol. The average Bonchev–Trinajstić information content (AvgIpc) is 3.02. The van der Waals surface area contributed by atoms with Crippen LogP contribution >= 0.6 is 0 Å². The number of esters is 1. The Morgan fingerprint density at radius 1 is 0.935 bits per heavy atom. The van der Waals surface area contributed by atoms with E-state index in [0.29, 0.717) is 17.8 Å². The third-order valence-electron chi connectivity index (χ3n) is 5.04. The lowest BCUT2D eigenvalue weighted by Crippen LogP contribution is -2.16. The first kappa shape index (κ1) is 22.0. The summed E-state index contributed by atoms with van der Waals surface area (Å²) in [5.74, 6) is -0.853. The summed E-state index contributed by atoms with van der Waals surface area (Å²) in [4.78, 5) is 35.9. The van der Waals surface area contributed by atoms with Crippen LogP contribution in [0.1, 0.15) is 39.8 Å². The number of nitrogens with one attached hydrogen (secondary N) is 1. The minimum absolute atomic E-state index is 0.0562. The zero-order valence-corrected chi connectivity index (χ0v) is 18.0. The lowest BCUT2D eigenvalue weighted by Gasteiger charge is -2.10. The summed E-state index contributed by atoms with van der Waals surface area (Å²) in [7, 11) is 0. The maximum atomic E-state index is 12.7. The number of nitrogens with zero attached hydrogens (tertiary/aromatic N) is 1. The van der Waals surface area contributed by atoms with Crippen molar-refractivity contribution in [3.8, 4) is 0 Å². The number of hydrogen-bond donors (Lipinski definition) is 1. The largest absolute Gasteiger partial charge is 0.457 e. The van der Waals surface area contributed by atoms with E-state index in [-0.39, 0.29) is 24.7 Å². The fraction of sp³-hybridized carbons (Fsp3) is 0.240. The zero-order chi connectivity index (χ0) is 22.4. The molecule has 0 aliphatic heterocycles. The van der Waals surface area contributed by atoms with Crippen LogP contribution < -0.4 is 5.32 Å². The molecular weight excluding hydrogens is 392 g/mol. The Morgan fingerprint density at radius 2 is 1.61 bits per heavy atom. The summed E-state index contributed by atoms with van der Waals surface area (Å²) in [6.45, 7) is 5.69. The molecule has 0 fully saturated rings.